The lowest BCUT2D eigenvalue weighted by atomic mass is 10.2. The van der Waals surface area contributed by atoms with Crippen LogP contribution in [0.5, 0.6) is 11.5 Å². The second-order valence-electron chi connectivity index (χ2n) is 5.58. The Kier molecular flexibility index (Phi) is 6.24. The Hall–Kier alpha value is -3.82. The van der Waals surface area contributed by atoms with Crippen molar-refractivity contribution >= 4 is 17.5 Å². The highest BCUT2D eigenvalue weighted by atomic mass is 16.5. The van der Waals surface area contributed by atoms with Crippen LogP contribution in [0.4, 0.5) is 16.3 Å². The number of carbonyl (C=O) groups excluding carboxylic acids is 1. The molecule has 3 N–H and O–H groups in total. The van der Waals surface area contributed by atoms with Crippen molar-refractivity contribution in [2.24, 2.45) is 0 Å². The fraction of sp³-hybridized carbons (Fsp3) is 0.222. The Morgan fingerprint density at radius 1 is 1.07 bits per heavy atom. The number of aromatic nitrogens is 4. The second-order valence-corrected chi connectivity index (χ2v) is 5.58. The van der Waals surface area contributed by atoms with Crippen LogP contribution in [0.3, 0.4) is 0 Å². The van der Waals surface area contributed by atoms with Gasteiger partial charge in [0.15, 0.2) is 17.3 Å². The summed E-state index contributed by atoms with van der Waals surface area (Å²) in [4.78, 5) is 12.1. The molecule has 0 aliphatic rings. The molecule has 0 aliphatic heterocycles. The summed E-state index contributed by atoms with van der Waals surface area (Å²) in [6.45, 7) is 0.874. The van der Waals surface area contributed by atoms with E-state index in [4.69, 9.17) is 9.47 Å². The molecule has 28 heavy (non-hydrogen) atoms. The van der Waals surface area contributed by atoms with Crippen molar-refractivity contribution in [1.82, 2.24) is 25.3 Å². The first-order valence-corrected chi connectivity index (χ1v) is 8.54. The van der Waals surface area contributed by atoms with Crippen LogP contribution >= 0.6 is 0 Å². The van der Waals surface area contributed by atoms with Gasteiger partial charge in [0.1, 0.15) is 5.82 Å². The summed E-state index contributed by atoms with van der Waals surface area (Å²) >= 11 is 0. The molecule has 0 unspecified atom stereocenters. The van der Waals surface area contributed by atoms with Crippen LogP contribution in [0, 0.1) is 0 Å². The maximum atomic E-state index is 12.1. The Morgan fingerprint density at radius 3 is 2.64 bits per heavy atom. The lowest BCUT2D eigenvalue weighted by Crippen LogP contribution is -2.32. The van der Waals surface area contributed by atoms with Crippen LogP contribution in [0.15, 0.2) is 48.8 Å². The van der Waals surface area contributed by atoms with Crippen LogP contribution in [-0.4, -0.2) is 53.3 Å². The van der Waals surface area contributed by atoms with E-state index in [0.29, 0.717) is 41.9 Å². The monoisotopic (exact) mass is 383 g/mol. The van der Waals surface area contributed by atoms with Crippen LogP contribution in [0.2, 0.25) is 0 Å². The molecule has 0 atom stereocenters. The van der Waals surface area contributed by atoms with Gasteiger partial charge in [0, 0.05) is 25.5 Å². The molecule has 2 aromatic heterocycles. The van der Waals surface area contributed by atoms with Crippen LogP contribution < -0.4 is 25.4 Å². The zero-order valence-corrected chi connectivity index (χ0v) is 15.5. The SMILES string of the molecule is COc1cccc(NC(=O)NCCNc2ccc(-n3cccn3)nn2)c1OC. The molecule has 0 fully saturated rings. The first-order chi connectivity index (χ1) is 13.7. The molecule has 0 spiro atoms. The Bertz CT molecular complexity index is 898. The van der Waals surface area contributed by atoms with Gasteiger partial charge < -0.3 is 25.4 Å². The summed E-state index contributed by atoms with van der Waals surface area (Å²) in [5.41, 5.74) is 0.521. The summed E-state index contributed by atoms with van der Waals surface area (Å²) in [7, 11) is 3.06. The van der Waals surface area contributed by atoms with Crippen LogP contribution in [0.1, 0.15) is 0 Å². The number of anilines is 2. The predicted octanol–water partition coefficient (Wildman–Crippen LogP) is 1.91. The topological polar surface area (TPSA) is 115 Å². The molecule has 0 saturated heterocycles. The van der Waals surface area contributed by atoms with E-state index in [-0.39, 0.29) is 6.03 Å². The van der Waals surface area contributed by atoms with E-state index < -0.39 is 0 Å². The van der Waals surface area contributed by atoms with Gasteiger partial charge in [-0.15, -0.1) is 10.2 Å². The molecule has 3 rings (SSSR count). The third-order valence-corrected chi connectivity index (χ3v) is 3.76. The predicted molar refractivity (Wildman–Crippen MR) is 104 cm³/mol. The fourth-order valence-corrected chi connectivity index (χ4v) is 2.46. The number of nitrogens with zero attached hydrogens (tertiary/aromatic N) is 4. The highest BCUT2D eigenvalue weighted by Crippen LogP contribution is 2.34. The van der Waals surface area contributed by atoms with Gasteiger partial charge in [-0.05, 0) is 30.3 Å². The van der Waals surface area contributed by atoms with E-state index >= 15 is 0 Å². The number of methoxy groups -OCH3 is 2. The zero-order chi connectivity index (χ0) is 19.8. The highest BCUT2D eigenvalue weighted by molar-refractivity contribution is 5.91. The molecule has 2 amide bonds. The number of para-hydroxylation sites is 1. The maximum Gasteiger partial charge on any atom is 0.319 e. The van der Waals surface area contributed by atoms with E-state index in [1.54, 1.807) is 47.4 Å². The second kappa shape index (κ2) is 9.21. The standard InChI is InChI=1S/C18H21N7O3/c1-27-14-6-3-5-13(17(14)28-2)22-18(26)20-11-10-19-15-7-8-16(24-23-15)25-12-4-9-21-25/h3-9,12H,10-11H2,1-2H3,(H,19,23)(H2,20,22,26). The Labute approximate surface area is 161 Å². The van der Waals surface area contributed by atoms with Gasteiger partial charge in [-0.1, -0.05) is 6.07 Å². The van der Waals surface area contributed by atoms with Gasteiger partial charge in [-0.3, -0.25) is 0 Å². The minimum absolute atomic E-state index is 0.353. The molecule has 0 radical (unpaired) electrons. The van der Waals surface area contributed by atoms with Gasteiger partial charge in [-0.2, -0.15) is 5.10 Å². The molecule has 0 bridgehead atoms. The summed E-state index contributed by atoms with van der Waals surface area (Å²) in [6, 6.07) is 10.3. The van der Waals surface area contributed by atoms with Crippen LogP contribution in [-0.2, 0) is 0 Å². The molecule has 2 heterocycles. The molecule has 0 saturated carbocycles. The van der Waals surface area contributed by atoms with E-state index in [9.17, 15) is 4.79 Å². The summed E-state index contributed by atoms with van der Waals surface area (Å²) in [5, 5.41) is 20.8. The maximum absolute atomic E-state index is 12.1. The molecular formula is C18H21N7O3. The molecular weight excluding hydrogens is 362 g/mol. The third-order valence-electron chi connectivity index (χ3n) is 3.76. The Balaban J connectivity index is 1.45. The van der Waals surface area contributed by atoms with Gasteiger partial charge in [-0.25, -0.2) is 9.48 Å². The van der Waals surface area contributed by atoms with Crippen molar-refractivity contribution in [3.8, 4) is 17.3 Å². The van der Waals surface area contributed by atoms with Gasteiger partial charge in [0.2, 0.25) is 0 Å². The van der Waals surface area contributed by atoms with Crippen molar-refractivity contribution < 1.29 is 14.3 Å². The first-order valence-electron chi connectivity index (χ1n) is 8.54. The number of benzene rings is 1. The third kappa shape index (κ3) is 4.67. The number of hydrogen-bond donors (Lipinski definition) is 3. The zero-order valence-electron chi connectivity index (χ0n) is 15.5. The summed E-state index contributed by atoms with van der Waals surface area (Å²) < 4.78 is 12.1. The van der Waals surface area contributed by atoms with Crippen molar-refractivity contribution in [3.05, 3.63) is 48.8 Å². The van der Waals surface area contributed by atoms with Crippen molar-refractivity contribution in [2.45, 2.75) is 0 Å². The number of amides is 2. The molecule has 3 aromatic rings. The van der Waals surface area contributed by atoms with Gasteiger partial charge in [0.05, 0.1) is 19.9 Å². The minimum Gasteiger partial charge on any atom is -0.493 e. The number of rotatable bonds is 8. The normalized spacial score (nSPS) is 10.2. The number of ether oxygens (including phenoxy) is 2. The van der Waals surface area contributed by atoms with E-state index in [2.05, 4.69) is 31.2 Å². The highest BCUT2D eigenvalue weighted by Gasteiger charge is 2.11. The lowest BCUT2D eigenvalue weighted by molar-refractivity contribution is 0.252. The molecule has 1 aromatic carbocycles. The number of urea groups is 1. The smallest absolute Gasteiger partial charge is 0.319 e. The van der Waals surface area contributed by atoms with Crippen LogP contribution in [0.25, 0.3) is 5.82 Å². The van der Waals surface area contributed by atoms with Crippen molar-refractivity contribution in [3.63, 3.8) is 0 Å². The number of carbonyl (C=O) groups is 1. The van der Waals surface area contributed by atoms with Crippen molar-refractivity contribution in [1.29, 1.82) is 0 Å². The summed E-state index contributed by atoms with van der Waals surface area (Å²) in [5.74, 6) is 2.23. The van der Waals surface area contributed by atoms with Gasteiger partial charge in [0.25, 0.3) is 0 Å². The quantitative estimate of drug-likeness (QED) is 0.509. The number of nitrogens with one attached hydrogen (secondary N) is 3. The average molecular weight is 383 g/mol. The molecule has 10 nitrogen and oxygen atoms in total. The number of hydrogen-bond acceptors (Lipinski definition) is 7. The fourth-order valence-electron chi connectivity index (χ4n) is 2.46. The largest absolute Gasteiger partial charge is 0.493 e. The van der Waals surface area contributed by atoms with E-state index in [0.717, 1.165) is 0 Å². The molecule has 0 aliphatic carbocycles. The molecule has 10 heteroatoms. The minimum atomic E-state index is -0.353. The average Bonchev–Trinajstić information content (AvgIpc) is 3.26. The van der Waals surface area contributed by atoms with Gasteiger partial charge >= 0.3 is 6.03 Å². The van der Waals surface area contributed by atoms with E-state index in [1.807, 2.05) is 6.07 Å². The van der Waals surface area contributed by atoms with E-state index in [1.165, 1.54) is 14.2 Å². The Morgan fingerprint density at radius 2 is 1.96 bits per heavy atom. The first kappa shape index (κ1) is 19.0. The summed E-state index contributed by atoms with van der Waals surface area (Å²) in [6.07, 6.45) is 3.46. The van der Waals surface area contributed by atoms with Crippen molar-refractivity contribution in [2.75, 3.05) is 37.9 Å². The molecule has 146 valence electrons. The lowest BCUT2D eigenvalue weighted by Gasteiger charge is -2.14.